The van der Waals surface area contributed by atoms with Crippen LogP contribution in [-0.2, 0) is 11.3 Å². The number of para-hydroxylation sites is 1. The number of morpholine rings is 1. The molecule has 1 aliphatic rings. The lowest BCUT2D eigenvalue weighted by molar-refractivity contribution is 0.0659. The van der Waals surface area contributed by atoms with E-state index in [-0.39, 0.29) is 18.4 Å². The number of nitrogens with one attached hydrogen (secondary N) is 1. The highest BCUT2D eigenvalue weighted by atomic mass is 35.5. The van der Waals surface area contributed by atoms with Crippen LogP contribution in [0.25, 0.3) is 0 Å². The maximum Gasteiger partial charge on any atom is 0.246 e. The van der Waals surface area contributed by atoms with Gasteiger partial charge in [-0.2, -0.15) is 4.98 Å². The maximum atomic E-state index is 5.56. The molecule has 20 heavy (non-hydrogen) atoms. The summed E-state index contributed by atoms with van der Waals surface area (Å²) in [5, 5.41) is 7.16. The van der Waals surface area contributed by atoms with Crippen molar-refractivity contribution in [1.29, 1.82) is 0 Å². The van der Waals surface area contributed by atoms with E-state index in [1.807, 2.05) is 30.3 Å². The molecule has 7 heteroatoms. The molecule has 1 N–H and O–H groups in total. The van der Waals surface area contributed by atoms with Crippen LogP contribution in [0.15, 0.2) is 34.9 Å². The van der Waals surface area contributed by atoms with Gasteiger partial charge in [0, 0.05) is 6.54 Å². The van der Waals surface area contributed by atoms with Gasteiger partial charge < -0.3 is 19.3 Å². The molecule has 1 atom stereocenters. The first-order chi connectivity index (χ1) is 9.42. The lowest BCUT2D eigenvalue weighted by Crippen LogP contribution is -2.34. The molecule has 6 nitrogen and oxygen atoms in total. The third-order valence-electron chi connectivity index (χ3n) is 2.81. The van der Waals surface area contributed by atoms with Crippen LogP contribution in [0.4, 0.5) is 0 Å². The van der Waals surface area contributed by atoms with Crippen LogP contribution in [0.1, 0.15) is 17.8 Å². The van der Waals surface area contributed by atoms with Crippen LogP contribution in [0.3, 0.4) is 0 Å². The summed E-state index contributed by atoms with van der Waals surface area (Å²) in [5.74, 6) is 1.87. The second-order valence-electron chi connectivity index (χ2n) is 4.23. The van der Waals surface area contributed by atoms with E-state index >= 15 is 0 Å². The van der Waals surface area contributed by atoms with Crippen LogP contribution in [-0.4, -0.2) is 29.9 Å². The molecular weight excluding hydrogens is 282 g/mol. The van der Waals surface area contributed by atoms with Crippen molar-refractivity contribution in [1.82, 2.24) is 15.5 Å². The minimum absolute atomic E-state index is 0. The van der Waals surface area contributed by atoms with Crippen LogP contribution in [0.2, 0.25) is 0 Å². The van der Waals surface area contributed by atoms with Crippen molar-refractivity contribution in [3.05, 3.63) is 42.0 Å². The SMILES string of the molecule is Cl.c1ccc(OCc2noc(C3COCCN3)n2)cc1. The van der Waals surface area contributed by atoms with Crippen LogP contribution in [0.5, 0.6) is 5.75 Å². The number of benzene rings is 1. The van der Waals surface area contributed by atoms with Gasteiger partial charge in [0.2, 0.25) is 11.7 Å². The van der Waals surface area contributed by atoms with Crippen LogP contribution >= 0.6 is 12.4 Å². The minimum Gasteiger partial charge on any atom is -0.485 e. The fourth-order valence-corrected chi connectivity index (χ4v) is 1.86. The third-order valence-corrected chi connectivity index (χ3v) is 2.81. The molecule has 3 rings (SSSR count). The van der Waals surface area contributed by atoms with Gasteiger partial charge in [0.25, 0.3) is 0 Å². The van der Waals surface area contributed by atoms with E-state index < -0.39 is 0 Å². The third kappa shape index (κ3) is 3.69. The number of hydrogen-bond acceptors (Lipinski definition) is 6. The fourth-order valence-electron chi connectivity index (χ4n) is 1.86. The normalized spacial score (nSPS) is 18.3. The zero-order chi connectivity index (χ0) is 12.9. The van der Waals surface area contributed by atoms with Crippen molar-refractivity contribution in [3.8, 4) is 5.75 Å². The van der Waals surface area contributed by atoms with Crippen molar-refractivity contribution in [2.45, 2.75) is 12.6 Å². The maximum absolute atomic E-state index is 5.56. The number of nitrogens with zero attached hydrogens (tertiary/aromatic N) is 2. The molecule has 108 valence electrons. The van der Waals surface area contributed by atoms with Crippen molar-refractivity contribution < 1.29 is 14.0 Å². The van der Waals surface area contributed by atoms with E-state index in [4.69, 9.17) is 14.0 Å². The van der Waals surface area contributed by atoms with E-state index in [1.165, 1.54) is 0 Å². The molecule has 1 unspecified atom stereocenters. The highest BCUT2D eigenvalue weighted by Crippen LogP contribution is 2.15. The Morgan fingerprint density at radius 2 is 2.15 bits per heavy atom. The first-order valence-electron chi connectivity index (χ1n) is 6.23. The molecule has 2 heterocycles. The largest absolute Gasteiger partial charge is 0.485 e. The molecule has 1 aromatic carbocycles. The lowest BCUT2D eigenvalue weighted by Gasteiger charge is -2.20. The zero-order valence-corrected chi connectivity index (χ0v) is 11.6. The Morgan fingerprint density at radius 3 is 2.90 bits per heavy atom. The Hall–Kier alpha value is -1.63. The van der Waals surface area contributed by atoms with E-state index in [0.29, 0.717) is 31.5 Å². The van der Waals surface area contributed by atoms with E-state index in [1.54, 1.807) is 0 Å². The van der Waals surface area contributed by atoms with E-state index in [2.05, 4.69) is 15.5 Å². The van der Waals surface area contributed by atoms with E-state index in [0.717, 1.165) is 12.3 Å². The van der Waals surface area contributed by atoms with Gasteiger partial charge in [0.1, 0.15) is 11.8 Å². The summed E-state index contributed by atoms with van der Waals surface area (Å²) in [4.78, 5) is 4.30. The summed E-state index contributed by atoms with van der Waals surface area (Å²) in [7, 11) is 0. The second kappa shape index (κ2) is 7.23. The summed E-state index contributed by atoms with van der Waals surface area (Å²) >= 11 is 0. The van der Waals surface area contributed by atoms with Gasteiger partial charge in [0.05, 0.1) is 13.2 Å². The van der Waals surface area contributed by atoms with Crippen molar-refractivity contribution in [2.75, 3.05) is 19.8 Å². The lowest BCUT2D eigenvalue weighted by atomic mass is 10.3. The number of ether oxygens (including phenoxy) is 2. The number of aromatic nitrogens is 2. The van der Waals surface area contributed by atoms with Crippen molar-refractivity contribution in [2.24, 2.45) is 0 Å². The number of rotatable bonds is 4. The molecule has 2 aromatic rings. The summed E-state index contributed by atoms with van der Waals surface area (Å²) in [6.45, 7) is 2.36. The Bertz CT molecular complexity index is 515. The summed E-state index contributed by atoms with van der Waals surface area (Å²) < 4.78 is 16.1. The average Bonchev–Trinajstić information content (AvgIpc) is 2.96. The van der Waals surface area contributed by atoms with Gasteiger partial charge in [-0.25, -0.2) is 0 Å². The molecule has 0 spiro atoms. The topological polar surface area (TPSA) is 69.4 Å². The Kier molecular flexibility index (Phi) is 5.34. The molecule has 0 aliphatic carbocycles. The van der Waals surface area contributed by atoms with Gasteiger partial charge in [-0.1, -0.05) is 23.4 Å². The standard InChI is InChI=1S/C13H15N3O3.ClH/c1-2-4-10(5-3-1)18-9-12-15-13(19-16-12)11-8-17-7-6-14-11;/h1-5,11,14H,6-9H2;1H. The minimum atomic E-state index is -0.0216. The molecule has 1 saturated heterocycles. The summed E-state index contributed by atoms with van der Waals surface area (Å²) in [6, 6.07) is 9.52. The molecule has 0 bridgehead atoms. The molecule has 0 amide bonds. The summed E-state index contributed by atoms with van der Waals surface area (Å²) in [5.41, 5.74) is 0. The first kappa shape index (κ1) is 14.8. The molecule has 1 aromatic heterocycles. The zero-order valence-electron chi connectivity index (χ0n) is 10.8. The summed E-state index contributed by atoms with van der Waals surface area (Å²) in [6.07, 6.45) is 0. The van der Waals surface area contributed by atoms with Crippen molar-refractivity contribution >= 4 is 12.4 Å². The molecule has 1 fully saturated rings. The number of hydrogen-bond donors (Lipinski definition) is 1. The van der Waals surface area contributed by atoms with Crippen LogP contribution in [0, 0.1) is 0 Å². The number of halogens is 1. The van der Waals surface area contributed by atoms with E-state index in [9.17, 15) is 0 Å². The van der Waals surface area contributed by atoms with Gasteiger partial charge in [0.15, 0.2) is 6.61 Å². The quantitative estimate of drug-likeness (QED) is 0.927. The Balaban J connectivity index is 0.00000147. The molecule has 0 saturated carbocycles. The van der Waals surface area contributed by atoms with Gasteiger partial charge in [-0.05, 0) is 12.1 Å². The smallest absolute Gasteiger partial charge is 0.246 e. The molecule has 1 aliphatic heterocycles. The molecule has 0 radical (unpaired) electrons. The monoisotopic (exact) mass is 297 g/mol. The Morgan fingerprint density at radius 1 is 1.30 bits per heavy atom. The highest BCUT2D eigenvalue weighted by molar-refractivity contribution is 5.85. The highest BCUT2D eigenvalue weighted by Gasteiger charge is 2.21. The predicted molar refractivity (Wildman–Crippen MR) is 73.9 cm³/mol. The predicted octanol–water partition coefficient (Wildman–Crippen LogP) is 1.73. The second-order valence-corrected chi connectivity index (χ2v) is 4.23. The Labute approximate surface area is 122 Å². The van der Waals surface area contributed by atoms with Gasteiger partial charge in [-0.15, -0.1) is 12.4 Å². The van der Waals surface area contributed by atoms with Gasteiger partial charge in [-0.3, -0.25) is 0 Å². The van der Waals surface area contributed by atoms with Crippen molar-refractivity contribution in [3.63, 3.8) is 0 Å². The van der Waals surface area contributed by atoms with Crippen LogP contribution < -0.4 is 10.1 Å². The first-order valence-corrected chi connectivity index (χ1v) is 6.23. The van der Waals surface area contributed by atoms with Gasteiger partial charge >= 0.3 is 0 Å². The fraction of sp³-hybridized carbons (Fsp3) is 0.385. The average molecular weight is 298 g/mol. The molecular formula is C13H16ClN3O3.